The Kier molecular flexibility index (Phi) is 6.50. The number of piperidine rings is 1. The lowest BCUT2D eigenvalue weighted by Crippen LogP contribution is -2.38. The summed E-state index contributed by atoms with van der Waals surface area (Å²) in [5.74, 6) is 1.57. The molecule has 0 bridgehead atoms. The van der Waals surface area contributed by atoms with Crippen LogP contribution in [0.25, 0.3) is 11.4 Å². The van der Waals surface area contributed by atoms with Crippen LogP contribution in [0.15, 0.2) is 40.9 Å². The van der Waals surface area contributed by atoms with Crippen molar-refractivity contribution in [3.8, 4) is 22.9 Å². The van der Waals surface area contributed by atoms with Crippen LogP contribution < -0.4 is 19.7 Å². The van der Waals surface area contributed by atoms with Crippen LogP contribution >= 0.6 is 11.6 Å². The van der Waals surface area contributed by atoms with Crippen LogP contribution in [0.3, 0.4) is 0 Å². The van der Waals surface area contributed by atoms with Crippen LogP contribution in [0, 0.1) is 12.8 Å². The number of aromatic nitrogens is 2. The molecular formula is C23H25ClN4O4. The second-order valence-corrected chi connectivity index (χ2v) is 8.11. The molecule has 1 N–H and O–H groups in total. The standard InChI is InChI=1S/C23H25ClN4O4/c1-14-4-6-18(17(24)12-14)25-22(29)15-8-10-28(11-9-15)23-26-21(27-32-23)16-5-7-19(30-2)20(13-16)31-3/h4-7,12-13,15H,8-11H2,1-3H3,(H,25,29). The van der Waals surface area contributed by atoms with E-state index in [2.05, 4.69) is 15.5 Å². The van der Waals surface area contributed by atoms with Gasteiger partial charge in [0.25, 0.3) is 0 Å². The molecule has 0 aliphatic carbocycles. The Bertz CT molecular complexity index is 1110. The predicted octanol–water partition coefficient (Wildman–Crippen LogP) is 4.57. The fourth-order valence-electron chi connectivity index (χ4n) is 3.73. The number of nitrogens with one attached hydrogen (secondary N) is 1. The zero-order chi connectivity index (χ0) is 22.7. The van der Waals surface area contributed by atoms with Crippen LogP contribution in [0.5, 0.6) is 11.5 Å². The van der Waals surface area contributed by atoms with Crippen LogP contribution in [-0.4, -0.2) is 43.4 Å². The molecule has 1 aliphatic heterocycles. The molecule has 3 aromatic rings. The highest BCUT2D eigenvalue weighted by molar-refractivity contribution is 6.33. The number of carbonyl (C=O) groups excluding carboxylic acids is 1. The van der Waals surface area contributed by atoms with Crippen molar-refractivity contribution in [3.63, 3.8) is 0 Å². The number of halogens is 1. The maximum atomic E-state index is 12.7. The van der Waals surface area contributed by atoms with E-state index in [1.165, 1.54) is 0 Å². The number of amides is 1. The third kappa shape index (κ3) is 4.65. The predicted molar refractivity (Wildman–Crippen MR) is 123 cm³/mol. The van der Waals surface area contributed by atoms with Gasteiger partial charge in [-0.2, -0.15) is 4.98 Å². The molecule has 8 nitrogen and oxygen atoms in total. The van der Waals surface area contributed by atoms with Crippen LogP contribution in [0.4, 0.5) is 11.7 Å². The van der Waals surface area contributed by atoms with E-state index < -0.39 is 0 Å². The summed E-state index contributed by atoms with van der Waals surface area (Å²) in [6.07, 6.45) is 1.37. The first-order chi connectivity index (χ1) is 15.5. The molecule has 0 radical (unpaired) electrons. The topological polar surface area (TPSA) is 89.7 Å². The van der Waals surface area contributed by atoms with Gasteiger partial charge in [0.2, 0.25) is 11.7 Å². The van der Waals surface area contributed by atoms with Crippen molar-refractivity contribution in [1.82, 2.24) is 10.1 Å². The molecule has 0 spiro atoms. The van der Waals surface area contributed by atoms with Crippen molar-refractivity contribution in [1.29, 1.82) is 0 Å². The highest BCUT2D eigenvalue weighted by Crippen LogP contribution is 2.32. The first kappa shape index (κ1) is 22.0. The van der Waals surface area contributed by atoms with Gasteiger partial charge in [-0.1, -0.05) is 22.8 Å². The molecule has 32 heavy (non-hydrogen) atoms. The molecule has 0 saturated carbocycles. The third-order valence-electron chi connectivity index (χ3n) is 5.58. The van der Waals surface area contributed by atoms with Gasteiger partial charge in [0.1, 0.15) is 0 Å². The molecule has 1 amide bonds. The highest BCUT2D eigenvalue weighted by atomic mass is 35.5. The quantitative estimate of drug-likeness (QED) is 0.581. The smallest absolute Gasteiger partial charge is 0.324 e. The van der Waals surface area contributed by atoms with E-state index in [9.17, 15) is 4.79 Å². The van der Waals surface area contributed by atoms with E-state index in [1.54, 1.807) is 26.4 Å². The molecule has 1 saturated heterocycles. The summed E-state index contributed by atoms with van der Waals surface area (Å²) in [4.78, 5) is 19.2. The van der Waals surface area contributed by atoms with Crippen LogP contribution in [0.2, 0.25) is 5.02 Å². The summed E-state index contributed by atoms with van der Waals surface area (Å²) in [7, 11) is 3.17. The van der Waals surface area contributed by atoms with Gasteiger partial charge >= 0.3 is 6.01 Å². The van der Waals surface area contributed by atoms with Gasteiger partial charge in [-0.25, -0.2) is 0 Å². The second-order valence-electron chi connectivity index (χ2n) is 7.70. The van der Waals surface area contributed by atoms with Gasteiger partial charge in [0, 0.05) is 24.6 Å². The van der Waals surface area contributed by atoms with Gasteiger partial charge in [-0.3, -0.25) is 4.79 Å². The van der Waals surface area contributed by atoms with E-state index in [4.69, 9.17) is 25.6 Å². The molecule has 9 heteroatoms. The van der Waals surface area contributed by atoms with Crippen LogP contribution in [-0.2, 0) is 4.79 Å². The Morgan fingerprint density at radius 2 is 1.88 bits per heavy atom. The molecule has 1 aliphatic rings. The van der Waals surface area contributed by atoms with Crippen molar-refractivity contribution in [2.75, 3.05) is 37.5 Å². The number of methoxy groups -OCH3 is 2. The van der Waals surface area contributed by atoms with E-state index in [0.29, 0.717) is 60.0 Å². The van der Waals surface area contributed by atoms with Crippen molar-refractivity contribution < 1.29 is 18.8 Å². The lowest BCUT2D eigenvalue weighted by atomic mass is 9.96. The minimum atomic E-state index is -0.100. The number of carbonyl (C=O) groups is 1. The number of hydrogen-bond donors (Lipinski definition) is 1. The number of rotatable bonds is 6. The van der Waals surface area contributed by atoms with Crippen molar-refractivity contribution >= 4 is 29.2 Å². The van der Waals surface area contributed by atoms with E-state index in [-0.39, 0.29) is 11.8 Å². The fourth-order valence-corrected chi connectivity index (χ4v) is 4.01. The first-order valence-corrected chi connectivity index (χ1v) is 10.7. The lowest BCUT2D eigenvalue weighted by molar-refractivity contribution is -0.120. The molecule has 1 aromatic heterocycles. The zero-order valence-electron chi connectivity index (χ0n) is 18.2. The van der Waals surface area contributed by atoms with Crippen molar-refractivity contribution in [2.24, 2.45) is 5.92 Å². The zero-order valence-corrected chi connectivity index (χ0v) is 19.0. The third-order valence-corrected chi connectivity index (χ3v) is 5.89. The summed E-state index contributed by atoms with van der Waals surface area (Å²) in [6.45, 7) is 3.25. The van der Waals surface area contributed by atoms with Crippen LogP contribution in [0.1, 0.15) is 18.4 Å². The normalized spacial score (nSPS) is 14.3. The number of aryl methyl sites for hydroxylation is 1. The SMILES string of the molecule is COc1ccc(-c2noc(N3CCC(C(=O)Nc4ccc(C)cc4Cl)CC3)n2)cc1OC. The average Bonchev–Trinajstić information content (AvgIpc) is 3.31. The molecule has 2 heterocycles. The maximum Gasteiger partial charge on any atom is 0.324 e. The summed E-state index contributed by atoms with van der Waals surface area (Å²) >= 11 is 6.24. The minimum Gasteiger partial charge on any atom is -0.493 e. The molecule has 168 valence electrons. The van der Waals surface area contributed by atoms with Gasteiger partial charge in [-0.05, 0) is 55.7 Å². The molecule has 0 atom stereocenters. The Balaban J connectivity index is 1.38. The highest BCUT2D eigenvalue weighted by Gasteiger charge is 2.28. The number of nitrogens with zero attached hydrogens (tertiary/aromatic N) is 3. The van der Waals surface area contributed by atoms with Gasteiger partial charge in [0.05, 0.1) is 24.9 Å². The number of anilines is 2. The molecule has 1 fully saturated rings. The Morgan fingerprint density at radius 1 is 1.12 bits per heavy atom. The Morgan fingerprint density at radius 3 is 2.56 bits per heavy atom. The fraction of sp³-hybridized carbons (Fsp3) is 0.348. The van der Waals surface area contributed by atoms with Gasteiger partial charge < -0.3 is 24.2 Å². The molecular weight excluding hydrogens is 432 g/mol. The number of hydrogen-bond acceptors (Lipinski definition) is 7. The summed E-state index contributed by atoms with van der Waals surface area (Å²) in [5, 5.41) is 7.59. The molecule has 2 aromatic carbocycles. The van der Waals surface area contributed by atoms with Gasteiger partial charge in [0.15, 0.2) is 11.5 Å². The summed E-state index contributed by atoms with van der Waals surface area (Å²) in [6, 6.07) is 11.5. The van der Waals surface area contributed by atoms with E-state index >= 15 is 0 Å². The minimum absolute atomic E-state index is 0.0213. The maximum absolute atomic E-state index is 12.7. The largest absolute Gasteiger partial charge is 0.493 e. The van der Waals surface area contributed by atoms with Crippen molar-refractivity contribution in [3.05, 3.63) is 47.0 Å². The first-order valence-electron chi connectivity index (χ1n) is 10.4. The second kappa shape index (κ2) is 9.48. The lowest BCUT2D eigenvalue weighted by Gasteiger charge is -2.29. The van der Waals surface area contributed by atoms with E-state index in [1.807, 2.05) is 36.1 Å². The van der Waals surface area contributed by atoms with Crippen molar-refractivity contribution in [2.45, 2.75) is 19.8 Å². The Hall–Kier alpha value is -3.26. The molecule has 4 rings (SSSR count). The Labute approximate surface area is 191 Å². The summed E-state index contributed by atoms with van der Waals surface area (Å²) in [5.41, 5.74) is 2.45. The number of benzene rings is 2. The summed E-state index contributed by atoms with van der Waals surface area (Å²) < 4.78 is 16.1. The number of ether oxygens (including phenoxy) is 2. The molecule has 0 unspecified atom stereocenters. The van der Waals surface area contributed by atoms with E-state index in [0.717, 1.165) is 11.1 Å². The monoisotopic (exact) mass is 456 g/mol. The average molecular weight is 457 g/mol. The van der Waals surface area contributed by atoms with Gasteiger partial charge in [-0.15, -0.1) is 0 Å².